The van der Waals surface area contributed by atoms with Crippen molar-refractivity contribution in [3.8, 4) is 6.07 Å². The van der Waals surface area contributed by atoms with E-state index in [0.29, 0.717) is 17.9 Å². The van der Waals surface area contributed by atoms with Gasteiger partial charge in [0.05, 0.1) is 11.6 Å². The number of nitriles is 1. The predicted octanol–water partition coefficient (Wildman–Crippen LogP) is 2.64. The monoisotopic (exact) mass is 299 g/mol. The molecule has 0 aromatic heterocycles. The van der Waals surface area contributed by atoms with Gasteiger partial charge in [-0.1, -0.05) is 26.0 Å². The van der Waals surface area contributed by atoms with Gasteiger partial charge in [-0.05, 0) is 30.0 Å². The average Bonchev–Trinajstić information content (AvgIpc) is 2.73. The number of carbonyl (C=O) groups is 1. The lowest BCUT2D eigenvalue weighted by Crippen LogP contribution is -2.35. The van der Waals surface area contributed by atoms with Crippen molar-refractivity contribution in [2.24, 2.45) is 5.92 Å². The number of benzene rings is 1. The third-order valence-corrected chi connectivity index (χ3v) is 4.01. The number of carbonyl (C=O) groups excluding carboxylic acids is 1. The zero-order valence-electron chi connectivity index (χ0n) is 13.6. The molecule has 2 rings (SSSR count). The molecule has 0 bridgehead atoms. The van der Waals surface area contributed by atoms with Crippen molar-refractivity contribution >= 4 is 5.91 Å². The summed E-state index contributed by atoms with van der Waals surface area (Å²) in [5.41, 5.74) is 1.92. The Morgan fingerprint density at radius 1 is 1.18 bits per heavy atom. The molecule has 1 fully saturated rings. The normalized spacial score (nSPS) is 16.4. The minimum atomic E-state index is 0.287. The van der Waals surface area contributed by atoms with E-state index in [0.717, 1.165) is 39.1 Å². The van der Waals surface area contributed by atoms with E-state index in [1.54, 1.807) is 0 Å². The van der Waals surface area contributed by atoms with Crippen LogP contribution in [0.15, 0.2) is 24.3 Å². The smallest absolute Gasteiger partial charge is 0.222 e. The van der Waals surface area contributed by atoms with Crippen LogP contribution in [0.2, 0.25) is 0 Å². The van der Waals surface area contributed by atoms with Crippen LogP contribution in [0.5, 0.6) is 0 Å². The van der Waals surface area contributed by atoms with Gasteiger partial charge in [0.1, 0.15) is 0 Å². The summed E-state index contributed by atoms with van der Waals surface area (Å²) in [7, 11) is 0. The van der Waals surface area contributed by atoms with E-state index in [1.807, 2.05) is 29.2 Å². The molecule has 1 aliphatic heterocycles. The minimum absolute atomic E-state index is 0.287. The largest absolute Gasteiger partial charge is 0.341 e. The number of hydrogen-bond acceptors (Lipinski definition) is 3. The molecule has 4 nitrogen and oxygen atoms in total. The Morgan fingerprint density at radius 3 is 2.55 bits per heavy atom. The van der Waals surface area contributed by atoms with Crippen LogP contribution in [-0.2, 0) is 11.3 Å². The second kappa shape index (κ2) is 7.95. The maximum atomic E-state index is 12.2. The zero-order chi connectivity index (χ0) is 15.9. The average molecular weight is 299 g/mol. The van der Waals surface area contributed by atoms with Crippen molar-refractivity contribution in [3.05, 3.63) is 35.4 Å². The molecule has 0 saturated carbocycles. The summed E-state index contributed by atoms with van der Waals surface area (Å²) in [5, 5.41) is 8.83. The van der Waals surface area contributed by atoms with E-state index in [9.17, 15) is 4.79 Å². The first-order valence-corrected chi connectivity index (χ1v) is 8.07. The summed E-state index contributed by atoms with van der Waals surface area (Å²) >= 11 is 0. The fourth-order valence-corrected chi connectivity index (χ4v) is 2.80. The first kappa shape index (κ1) is 16.5. The molecule has 1 aliphatic rings. The molecule has 1 heterocycles. The lowest BCUT2D eigenvalue weighted by Gasteiger charge is -2.22. The molecule has 0 atom stereocenters. The van der Waals surface area contributed by atoms with Crippen LogP contribution in [0.1, 0.15) is 37.8 Å². The van der Waals surface area contributed by atoms with Gasteiger partial charge in [0, 0.05) is 39.1 Å². The summed E-state index contributed by atoms with van der Waals surface area (Å²) in [4.78, 5) is 16.6. The maximum absolute atomic E-state index is 12.2. The number of nitrogens with zero attached hydrogens (tertiary/aromatic N) is 3. The quantitative estimate of drug-likeness (QED) is 0.858. The van der Waals surface area contributed by atoms with Crippen molar-refractivity contribution in [1.82, 2.24) is 9.80 Å². The topological polar surface area (TPSA) is 47.3 Å². The second-order valence-corrected chi connectivity index (χ2v) is 6.42. The Bertz CT molecular complexity index is 530. The van der Waals surface area contributed by atoms with Gasteiger partial charge in [0.15, 0.2) is 0 Å². The van der Waals surface area contributed by atoms with E-state index >= 15 is 0 Å². The van der Waals surface area contributed by atoms with Gasteiger partial charge < -0.3 is 4.90 Å². The first-order chi connectivity index (χ1) is 10.6. The number of rotatable bonds is 4. The summed E-state index contributed by atoms with van der Waals surface area (Å²) in [6.45, 7) is 8.70. The molecule has 0 N–H and O–H groups in total. The highest BCUT2D eigenvalue weighted by molar-refractivity contribution is 5.76. The summed E-state index contributed by atoms with van der Waals surface area (Å²) in [6, 6.07) is 9.92. The third-order valence-electron chi connectivity index (χ3n) is 4.01. The predicted molar refractivity (Wildman–Crippen MR) is 87.1 cm³/mol. The van der Waals surface area contributed by atoms with Crippen LogP contribution in [-0.4, -0.2) is 41.9 Å². The van der Waals surface area contributed by atoms with Crippen molar-refractivity contribution < 1.29 is 4.79 Å². The molecule has 0 spiro atoms. The van der Waals surface area contributed by atoms with Gasteiger partial charge >= 0.3 is 0 Å². The molecule has 4 heteroatoms. The van der Waals surface area contributed by atoms with Gasteiger partial charge in [-0.3, -0.25) is 9.69 Å². The molecule has 1 saturated heterocycles. The lowest BCUT2D eigenvalue weighted by molar-refractivity contribution is -0.131. The lowest BCUT2D eigenvalue weighted by atomic mass is 10.1. The van der Waals surface area contributed by atoms with Crippen LogP contribution in [0, 0.1) is 17.2 Å². The fourth-order valence-electron chi connectivity index (χ4n) is 2.80. The third kappa shape index (κ3) is 4.85. The Balaban J connectivity index is 1.87. The van der Waals surface area contributed by atoms with E-state index in [1.165, 1.54) is 5.56 Å². The Kier molecular flexibility index (Phi) is 5.97. The van der Waals surface area contributed by atoms with Crippen LogP contribution in [0.4, 0.5) is 0 Å². The van der Waals surface area contributed by atoms with Gasteiger partial charge in [0.2, 0.25) is 5.91 Å². The van der Waals surface area contributed by atoms with E-state index < -0.39 is 0 Å². The SMILES string of the molecule is CC(C)CC(=O)N1CCCN(Cc2ccc(C#N)cc2)CC1. The van der Waals surface area contributed by atoms with E-state index in [-0.39, 0.29) is 5.91 Å². The summed E-state index contributed by atoms with van der Waals surface area (Å²) < 4.78 is 0. The van der Waals surface area contributed by atoms with Crippen LogP contribution >= 0.6 is 0 Å². The van der Waals surface area contributed by atoms with Gasteiger partial charge in [0.25, 0.3) is 0 Å². The van der Waals surface area contributed by atoms with E-state index in [2.05, 4.69) is 24.8 Å². The van der Waals surface area contributed by atoms with Crippen molar-refractivity contribution in [2.75, 3.05) is 26.2 Å². The van der Waals surface area contributed by atoms with Crippen molar-refractivity contribution in [1.29, 1.82) is 5.26 Å². The second-order valence-electron chi connectivity index (χ2n) is 6.42. The van der Waals surface area contributed by atoms with Crippen LogP contribution in [0.25, 0.3) is 0 Å². The molecular formula is C18H25N3O. The zero-order valence-corrected chi connectivity index (χ0v) is 13.6. The molecule has 118 valence electrons. The molecule has 1 amide bonds. The number of hydrogen-bond donors (Lipinski definition) is 0. The molecule has 0 unspecified atom stereocenters. The highest BCUT2D eigenvalue weighted by atomic mass is 16.2. The first-order valence-electron chi connectivity index (χ1n) is 8.07. The Hall–Kier alpha value is -1.86. The van der Waals surface area contributed by atoms with Crippen LogP contribution < -0.4 is 0 Å². The Labute approximate surface area is 133 Å². The van der Waals surface area contributed by atoms with Crippen LogP contribution in [0.3, 0.4) is 0 Å². The molecular weight excluding hydrogens is 274 g/mol. The molecule has 0 radical (unpaired) electrons. The van der Waals surface area contributed by atoms with Gasteiger partial charge in [-0.2, -0.15) is 5.26 Å². The summed E-state index contributed by atoms with van der Waals surface area (Å²) in [6.07, 6.45) is 1.68. The maximum Gasteiger partial charge on any atom is 0.222 e. The van der Waals surface area contributed by atoms with Gasteiger partial charge in [-0.25, -0.2) is 0 Å². The van der Waals surface area contributed by atoms with Crippen molar-refractivity contribution in [2.45, 2.75) is 33.2 Å². The highest BCUT2D eigenvalue weighted by Crippen LogP contribution is 2.12. The number of amides is 1. The fraction of sp³-hybridized carbons (Fsp3) is 0.556. The van der Waals surface area contributed by atoms with Gasteiger partial charge in [-0.15, -0.1) is 0 Å². The highest BCUT2D eigenvalue weighted by Gasteiger charge is 2.19. The summed E-state index contributed by atoms with van der Waals surface area (Å²) in [5.74, 6) is 0.709. The molecule has 1 aromatic carbocycles. The Morgan fingerprint density at radius 2 is 1.91 bits per heavy atom. The van der Waals surface area contributed by atoms with Crippen molar-refractivity contribution in [3.63, 3.8) is 0 Å². The molecule has 22 heavy (non-hydrogen) atoms. The molecule has 0 aliphatic carbocycles. The minimum Gasteiger partial charge on any atom is -0.341 e. The standard InChI is InChI=1S/C18H25N3O/c1-15(2)12-18(22)21-9-3-8-20(10-11-21)14-17-6-4-16(13-19)5-7-17/h4-7,15H,3,8-12,14H2,1-2H3. The van der Waals surface area contributed by atoms with E-state index in [4.69, 9.17) is 5.26 Å². The molecule has 1 aromatic rings.